The molecule has 0 fully saturated rings. The summed E-state index contributed by atoms with van der Waals surface area (Å²) in [6, 6.07) is 9.45. The molecular formula is C17H30N2O. The second-order valence-electron chi connectivity index (χ2n) is 5.42. The Hall–Kier alpha value is -0.900. The van der Waals surface area contributed by atoms with Gasteiger partial charge in [0.05, 0.1) is 6.61 Å². The lowest BCUT2D eigenvalue weighted by Gasteiger charge is -2.20. The quantitative estimate of drug-likeness (QED) is 0.666. The summed E-state index contributed by atoms with van der Waals surface area (Å²) in [5.41, 5.74) is 2.72. The molecule has 1 N–H and O–H groups in total. The first-order chi connectivity index (χ1) is 9.65. The van der Waals surface area contributed by atoms with Crippen molar-refractivity contribution >= 4 is 0 Å². The third-order valence-electron chi connectivity index (χ3n) is 3.35. The van der Waals surface area contributed by atoms with Crippen LogP contribution in [0.15, 0.2) is 24.3 Å². The number of rotatable bonds is 10. The fourth-order valence-electron chi connectivity index (χ4n) is 2.03. The summed E-state index contributed by atoms with van der Waals surface area (Å²) >= 11 is 0. The minimum absolute atomic E-state index is 0.531. The Morgan fingerprint density at radius 3 is 2.30 bits per heavy atom. The third-order valence-corrected chi connectivity index (χ3v) is 3.35. The Balaban J connectivity index is 2.42. The van der Waals surface area contributed by atoms with Gasteiger partial charge in [0.15, 0.2) is 0 Å². The highest BCUT2D eigenvalue weighted by Crippen LogP contribution is 2.08. The van der Waals surface area contributed by atoms with E-state index < -0.39 is 0 Å². The van der Waals surface area contributed by atoms with E-state index in [1.807, 2.05) is 6.92 Å². The average Bonchev–Trinajstić information content (AvgIpc) is 2.45. The van der Waals surface area contributed by atoms with Crippen LogP contribution in [0.25, 0.3) is 0 Å². The molecule has 0 spiro atoms. The van der Waals surface area contributed by atoms with Gasteiger partial charge in [0.2, 0.25) is 0 Å². The molecule has 0 saturated heterocycles. The number of likely N-dealkylation sites (N-methyl/N-ethyl adjacent to an activating group) is 1. The van der Waals surface area contributed by atoms with Crippen molar-refractivity contribution in [3.8, 4) is 0 Å². The minimum Gasteiger partial charge on any atom is -0.380 e. The summed E-state index contributed by atoms with van der Waals surface area (Å²) in [5, 5.41) is 3.44. The molecular weight excluding hydrogens is 248 g/mol. The summed E-state index contributed by atoms with van der Waals surface area (Å²) in [6.45, 7) is 14.2. The summed E-state index contributed by atoms with van der Waals surface area (Å²) < 4.78 is 5.43. The molecule has 3 nitrogen and oxygen atoms in total. The van der Waals surface area contributed by atoms with Gasteiger partial charge in [0, 0.05) is 32.3 Å². The Morgan fingerprint density at radius 2 is 1.75 bits per heavy atom. The van der Waals surface area contributed by atoms with Gasteiger partial charge >= 0.3 is 0 Å². The van der Waals surface area contributed by atoms with E-state index in [4.69, 9.17) is 4.74 Å². The second-order valence-corrected chi connectivity index (χ2v) is 5.42. The number of nitrogens with zero attached hydrogens (tertiary/aromatic N) is 1. The normalized spacial score (nSPS) is 11.5. The van der Waals surface area contributed by atoms with Crippen molar-refractivity contribution in [2.45, 2.75) is 46.8 Å². The number of benzene rings is 1. The van der Waals surface area contributed by atoms with Crippen LogP contribution in [0.5, 0.6) is 0 Å². The maximum absolute atomic E-state index is 5.43. The molecule has 0 unspecified atom stereocenters. The van der Waals surface area contributed by atoms with Gasteiger partial charge in [-0.25, -0.2) is 0 Å². The van der Waals surface area contributed by atoms with Crippen molar-refractivity contribution in [3.63, 3.8) is 0 Å². The van der Waals surface area contributed by atoms with Gasteiger partial charge in [-0.05, 0) is 24.6 Å². The predicted molar refractivity (Wildman–Crippen MR) is 85.9 cm³/mol. The van der Waals surface area contributed by atoms with E-state index in [-0.39, 0.29) is 0 Å². The van der Waals surface area contributed by atoms with Crippen molar-refractivity contribution in [1.82, 2.24) is 10.2 Å². The van der Waals surface area contributed by atoms with Gasteiger partial charge < -0.3 is 10.1 Å². The molecule has 1 aromatic rings. The van der Waals surface area contributed by atoms with Crippen molar-refractivity contribution in [1.29, 1.82) is 0 Å². The van der Waals surface area contributed by atoms with E-state index in [2.05, 4.69) is 55.3 Å². The van der Waals surface area contributed by atoms with Crippen LogP contribution >= 0.6 is 0 Å². The lowest BCUT2D eigenvalue weighted by molar-refractivity contribution is 0.113. The highest BCUT2D eigenvalue weighted by molar-refractivity contribution is 5.22. The van der Waals surface area contributed by atoms with Gasteiger partial charge in [-0.3, -0.25) is 4.90 Å². The summed E-state index contributed by atoms with van der Waals surface area (Å²) in [6.07, 6.45) is 0. The summed E-state index contributed by atoms with van der Waals surface area (Å²) in [7, 11) is 0. The number of hydrogen-bond acceptors (Lipinski definition) is 3. The molecule has 20 heavy (non-hydrogen) atoms. The van der Waals surface area contributed by atoms with Crippen molar-refractivity contribution < 1.29 is 4.74 Å². The van der Waals surface area contributed by atoms with Crippen LogP contribution in [-0.4, -0.2) is 37.2 Å². The van der Waals surface area contributed by atoms with Crippen LogP contribution in [0.1, 0.15) is 38.8 Å². The van der Waals surface area contributed by atoms with Crippen LogP contribution < -0.4 is 5.32 Å². The molecule has 0 amide bonds. The molecule has 3 heteroatoms. The first-order valence-electron chi connectivity index (χ1n) is 7.77. The van der Waals surface area contributed by atoms with E-state index in [1.54, 1.807) is 0 Å². The van der Waals surface area contributed by atoms with Gasteiger partial charge in [-0.2, -0.15) is 0 Å². The fourth-order valence-corrected chi connectivity index (χ4v) is 2.03. The van der Waals surface area contributed by atoms with Crippen LogP contribution in [-0.2, 0) is 17.8 Å². The van der Waals surface area contributed by atoms with Crippen LogP contribution in [0.3, 0.4) is 0 Å². The molecule has 0 atom stereocenters. The zero-order chi connectivity index (χ0) is 14.8. The molecule has 1 aromatic carbocycles. The molecule has 0 aliphatic carbocycles. The Morgan fingerprint density at radius 1 is 1.10 bits per heavy atom. The minimum atomic E-state index is 0.531. The highest BCUT2D eigenvalue weighted by atomic mass is 16.5. The Bertz CT molecular complexity index is 349. The molecule has 0 heterocycles. The van der Waals surface area contributed by atoms with Crippen LogP contribution in [0.4, 0.5) is 0 Å². The van der Waals surface area contributed by atoms with Gasteiger partial charge in [0.25, 0.3) is 0 Å². The predicted octanol–water partition coefficient (Wildman–Crippen LogP) is 3.04. The Kier molecular flexibility index (Phi) is 8.51. The second kappa shape index (κ2) is 9.92. The lowest BCUT2D eigenvalue weighted by Crippen LogP contribution is -2.27. The van der Waals surface area contributed by atoms with Crippen LogP contribution in [0, 0.1) is 0 Å². The first-order valence-corrected chi connectivity index (χ1v) is 7.77. The van der Waals surface area contributed by atoms with Gasteiger partial charge in [-0.15, -0.1) is 0 Å². The van der Waals surface area contributed by atoms with Crippen LogP contribution in [0.2, 0.25) is 0 Å². The van der Waals surface area contributed by atoms with Crippen molar-refractivity contribution in [2.75, 3.05) is 26.3 Å². The maximum Gasteiger partial charge on any atom is 0.0593 e. The molecule has 114 valence electrons. The van der Waals surface area contributed by atoms with Gasteiger partial charge in [-0.1, -0.05) is 45.0 Å². The van der Waals surface area contributed by atoms with Crippen molar-refractivity contribution in [2.24, 2.45) is 0 Å². The zero-order valence-corrected chi connectivity index (χ0v) is 13.5. The van der Waals surface area contributed by atoms with E-state index in [1.165, 1.54) is 11.1 Å². The zero-order valence-electron chi connectivity index (χ0n) is 13.5. The van der Waals surface area contributed by atoms with E-state index in [0.717, 1.165) is 39.4 Å². The number of ether oxygens (including phenoxy) is 1. The van der Waals surface area contributed by atoms with E-state index in [0.29, 0.717) is 6.04 Å². The SMILES string of the molecule is CCOCCN(CC)Cc1ccc(CNC(C)C)cc1. The highest BCUT2D eigenvalue weighted by Gasteiger charge is 2.04. The Labute approximate surface area is 124 Å². The monoisotopic (exact) mass is 278 g/mol. The molecule has 1 rings (SSSR count). The largest absolute Gasteiger partial charge is 0.380 e. The van der Waals surface area contributed by atoms with Gasteiger partial charge in [0.1, 0.15) is 0 Å². The smallest absolute Gasteiger partial charge is 0.0593 e. The standard InChI is InChI=1S/C17H30N2O/c1-5-19(11-12-20-6-2)14-17-9-7-16(8-10-17)13-18-15(3)4/h7-10,15,18H,5-6,11-14H2,1-4H3. The first kappa shape index (κ1) is 17.2. The molecule has 0 saturated carbocycles. The number of nitrogens with one attached hydrogen (secondary N) is 1. The fraction of sp³-hybridized carbons (Fsp3) is 0.647. The summed E-state index contributed by atoms with van der Waals surface area (Å²) in [5.74, 6) is 0. The van der Waals surface area contributed by atoms with Crippen molar-refractivity contribution in [3.05, 3.63) is 35.4 Å². The lowest BCUT2D eigenvalue weighted by atomic mass is 10.1. The molecule has 0 aromatic heterocycles. The molecule has 0 bridgehead atoms. The van der Waals surface area contributed by atoms with E-state index >= 15 is 0 Å². The average molecular weight is 278 g/mol. The molecule has 0 radical (unpaired) electrons. The topological polar surface area (TPSA) is 24.5 Å². The third kappa shape index (κ3) is 7.04. The maximum atomic E-state index is 5.43. The van der Waals surface area contributed by atoms with E-state index in [9.17, 15) is 0 Å². The summed E-state index contributed by atoms with van der Waals surface area (Å²) in [4.78, 5) is 2.41. The molecule has 0 aliphatic rings. The molecule has 0 aliphatic heterocycles. The number of hydrogen-bond donors (Lipinski definition) is 1.